The summed E-state index contributed by atoms with van der Waals surface area (Å²) in [5, 5.41) is 10.8. The van der Waals surface area contributed by atoms with Gasteiger partial charge in [0.2, 0.25) is 0 Å². The minimum Gasteiger partial charge on any atom is -0.396 e. The van der Waals surface area contributed by atoms with Crippen molar-refractivity contribution in [3.8, 4) is 0 Å². The third kappa shape index (κ3) is 4.58. The molecular weight excluding hydrogens is 346 g/mol. The van der Waals surface area contributed by atoms with Gasteiger partial charge in [-0.2, -0.15) is 0 Å². The largest absolute Gasteiger partial charge is 0.396 e. The lowest BCUT2D eigenvalue weighted by Crippen LogP contribution is -2.52. The number of fused-ring (bicyclic) bond motifs is 1. The Kier molecular flexibility index (Phi) is 6.01. The molecule has 2 aromatic carbocycles. The summed E-state index contributed by atoms with van der Waals surface area (Å²) in [4.78, 5) is 9.46. The molecule has 4 nitrogen and oxygen atoms in total. The molecule has 1 fully saturated rings. The minimum absolute atomic E-state index is 0.241. The Hall–Kier alpha value is -2.27. The molecule has 1 atom stereocenters. The number of pyridine rings is 1. The van der Waals surface area contributed by atoms with Crippen LogP contribution in [-0.4, -0.2) is 52.2 Å². The van der Waals surface area contributed by atoms with E-state index in [4.69, 9.17) is 0 Å². The highest BCUT2D eigenvalue weighted by atomic mass is 16.3. The van der Waals surface area contributed by atoms with Gasteiger partial charge in [-0.05, 0) is 42.7 Å². The van der Waals surface area contributed by atoms with E-state index in [0.29, 0.717) is 6.04 Å². The predicted octanol–water partition coefficient (Wildman–Crippen LogP) is 3.61. The van der Waals surface area contributed by atoms with Crippen LogP contribution in [0.5, 0.6) is 0 Å². The molecule has 1 saturated heterocycles. The van der Waals surface area contributed by atoms with Crippen molar-refractivity contribution in [1.29, 1.82) is 0 Å². The molecule has 0 bridgehead atoms. The zero-order valence-electron chi connectivity index (χ0n) is 16.6. The van der Waals surface area contributed by atoms with Crippen molar-refractivity contribution in [3.05, 3.63) is 77.5 Å². The summed E-state index contributed by atoms with van der Waals surface area (Å²) in [6, 6.07) is 19.9. The highest BCUT2D eigenvalue weighted by Crippen LogP contribution is 2.20. The second-order valence-electron chi connectivity index (χ2n) is 7.89. The van der Waals surface area contributed by atoms with Gasteiger partial charge >= 0.3 is 0 Å². The third-order valence-corrected chi connectivity index (χ3v) is 5.73. The average molecular weight is 376 g/mol. The average Bonchev–Trinajstić information content (AvgIpc) is 2.72. The molecule has 1 N–H and O–H groups in total. The van der Waals surface area contributed by atoms with Gasteiger partial charge in [0, 0.05) is 57.0 Å². The predicted molar refractivity (Wildman–Crippen MR) is 114 cm³/mol. The number of aryl methyl sites for hydroxylation is 1. The number of aliphatic hydroxyl groups is 1. The Labute approximate surface area is 167 Å². The molecule has 0 radical (unpaired) electrons. The van der Waals surface area contributed by atoms with Gasteiger partial charge in [0.25, 0.3) is 0 Å². The van der Waals surface area contributed by atoms with Crippen LogP contribution in [0.2, 0.25) is 0 Å². The molecule has 0 spiro atoms. The van der Waals surface area contributed by atoms with E-state index in [1.165, 1.54) is 22.1 Å². The molecule has 4 heteroatoms. The zero-order chi connectivity index (χ0) is 19.3. The summed E-state index contributed by atoms with van der Waals surface area (Å²) < 4.78 is 0. The van der Waals surface area contributed by atoms with Crippen molar-refractivity contribution in [2.75, 3.05) is 26.2 Å². The summed E-state index contributed by atoms with van der Waals surface area (Å²) in [5.41, 5.74) is 5.03. The highest BCUT2D eigenvalue weighted by molar-refractivity contribution is 5.78. The molecular formula is C24H29N3O. The van der Waals surface area contributed by atoms with Crippen LogP contribution in [-0.2, 0) is 13.1 Å². The minimum atomic E-state index is 0.241. The molecule has 0 saturated carbocycles. The lowest BCUT2D eigenvalue weighted by atomic mass is 10.0. The van der Waals surface area contributed by atoms with Crippen LogP contribution >= 0.6 is 0 Å². The lowest BCUT2D eigenvalue weighted by molar-refractivity contribution is 0.0500. The third-order valence-electron chi connectivity index (χ3n) is 5.73. The van der Waals surface area contributed by atoms with Gasteiger partial charge in [-0.25, -0.2) is 0 Å². The molecule has 0 amide bonds. The Morgan fingerprint density at radius 2 is 1.82 bits per heavy atom. The fraction of sp³-hybridized carbons (Fsp3) is 0.375. The van der Waals surface area contributed by atoms with Crippen molar-refractivity contribution in [1.82, 2.24) is 14.8 Å². The smallest absolute Gasteiger partial charge is 0.0702 e. The molecule has 1 aliphatic heterocycles. The Bertz CT molecular complexity index is 909. The van der Waals surface area contributed by atoms with Crippen LogP contribution in [0.25, 0.3) is 10.9 Å². The van der Waals surface area contributed by atoms with E-state index in [-0.39, 0.29) is 6.61 Å². The first-order valence-corrected chi connectivity index (χ1v) is 10.2. The number of benzene rings is 2. The second kappa shape index (κ2) is 8.82. The molecule has 1 aromatic heterocycles. The molecule has 4 rings (SSSR count). The van der Waals surface area contributed by atoms with Crippen molar-refractivity contribution in [2.24, 2.45) is 0 Å². The molecule has 28 heavy (non-hydrogen) atoms. The standard InChI is InChI=1S/C24H29N3O/c1-19-4-6-20(7-5-19)17-27-13-12-26(18-23(27)10-14-28)16-21-8-9-24-22(15-21)3-2-11-25-24/h2-9,11,15,23,28H,10,12-14,16-18H2,1H3/t23-/m0/s1. The first-order chi connectivity index (χ1) is 13.7. The van der Waals surface area contributed by atoms with Gasteiger partial charge in [0.1, 0.15) is 0 Å². The van der Waals surface area contributed by atoms with Crippen LogP contribution in [0.1, 0.15) is 23.1 Å². The molecule has 0 unspecified atom stereocenters. The van der Waals surface area contributed by atoms with Gasteiger partial charge in [-0.3, -0.25) is 14.8 Å². The monoisotopic (exact) mass is 375 g/mol. The maximum Gasteiger partial charge on any atom is 0.0702 e. The van der Waals surface area contributed by atoms with Crippen LogP contribution < -0.4 is 0 Å². The van der Waals surface area contributed by atoms with E-state index in [2.05, 4.69) is 70.2 Å². The molecule has 1 aliphatic rings. The van der Waals surface area contributed by atoms with Crippen molar-refractivity contribution in [2.45, 2.75) is 32.5 Å². The normalized spacial score (nSPS) is 18.6. The number of hydrogen-bond donors (Lipinski definition) is 1. The summed E-state index contributed by atoms with van der Waals surface area (Å²) in [6.07, 6.45) is 2.67. The maximum absolute atomic E-state index is 9.58. The van der Waals surface area contributed by atoms with Crippen molar-refractivity contribution in [3.63, 3.8) is 0 Å². The van der Waals surface area contributed by atoms with E-state index in [0.717, 1.165) is 44.7 Å². The summed E-state index contributed by atoms with van der Waals surface area (Å²) in [5.74, 6) is 0. The van der Waals surface area contributed by atoms with Gasteiger partial charge in [0.05, 0.1) is 5.52 Å². The number of rotatable bonds is 6. The zero-order valence-corrected chi connectivity index (χ0v) is 16.6. The van der Waals surface area contributed by atoms with Crippen molar-refractivity contribution >= 4 is 10.9 Å². The van der Waals surface area contributed by atoms with Gasteiger partial charge in [-0.1, -0.05) is 42.0 Å². The van der Waals surface area contributed by atoms with Crippen LogP contribution in [0.3, 0.4) is 0 Å². The number of aromatic nitrogens is 1. The Morgan fingerprint density at radius 1 is 1.00 bits per heavy atom. The first-order valence-electron chi connectivity index (χ1n) is 10.2. The Morgan fingerprint density at radius 3 is 2.64 bits per heavy atom. The molecule has 0 aliphatic carbocycles. The summed E-state index contributed by atoms with van der Waals surface area (Å²) in [6.45, 7) is 7.36. The van der Waals surface area contributed by atoms with E-state index in [9.17, 15) is 5.11 Å². The first kappa shape index (κ1) is 19.1. The molecule has 2 heterocycles. The van der Waals surface area contributed by atoms with E-state index < -0.39 is 0 Å². The lowest BCUT2D eigenvalue weighted by Gasteiger charge is -2.41. The molecule has 3 aromatic rings. The van der Waals surface area contributed by atoms with Crippen LogP contribution in [0, 0.1) is 6.92 Å². The SMILES string of the molecule is Cc1ccc(CN2CCN(Cc3ccc4ncccc4c3)C[C@@H]2CCO)cc1. The number of aliphatic hydroxyl groups excluding tert-OH is 1. The molecule has 146 valence electrons. The van der Waals surface area contributed by atoms with Gasteiger partial charge in [-0.15, -0.1) is 0 Å². The number of piperazine rings is 1. The topological polar surface area (TPSA) is 39.6 Å². The highest BCUT2D eigenvalue weighted by Gasteiger charge is 2.26. The van der Waals surface area contributed by atoms with Gasteiger partial charge in [0.15, 0.2) is 0 Å². The quantitative estimate of drug-likeness (QED) is 0.714. The fourth-order valence-electron chi connectivity index (χ4n) is 4.14. The van der Waals surface area contributed by atoms with E-state index >= 15 is 0 Å². The van der Waals surface area contributed by atoms with Gasteiger partial charge < -0.3 is 5.11 Å². The van der Waals surface area contributed by atoms with E-state index in [1.54, 1.807) is 0 Å². The van der Waals surface area contributed by atoms with Crippen LogP contribution in [0.4, 0.5) is 0 Å². The number of hydrogen-bond acceptors (Lipinski definition) is 4. The summed E-state index contributed by atoms with van der Waals surface area (Å²) in [7, 11) is 0. The van der Waals surface area contributed by atoms with Crippen molar-refractivity contribution < 1.29 is 5.11 Å². The Balaban J connectivity index is 1.42. The summed E-state index contributed by atoms with van der Waals surface area (Å²) >= 11 is 0. The number of nitrogens with zero attached hydrogens (tertiary/aromatic N) is 3. The second-order valence-corrected chi connectivity index (χ2v) is 7.89. The van der Waals surface area contributed by atoms with E-state index in [1.807, 2.05) is 12.3 Å². The fourth-order valence-corrected chi connectivity index (χ4v) is 4.14. The van der Waals surface area contributed by atoms with Crippen LogP contribution in [0.15, 0.2) is 60.8 Å². The maximum atomic E-state index is 9.58.